The molecule has 2 nitrogen and oxygen atoms in total. The third-order valence-corrected chi connectivity index (χ3v) is 1.39. The van der Waals surface area contributed by atoms with Gasteiger partial charge in [-0.1, -0.05) is 0 Å². The van der Waals surface area contributed by atoms with Crippen molar-refractivity contribution >= 4 is 0 Å². The van der Waals surface area contributed by atoms with E-state index < -0.39 is 0 Å². The molecule has 1 heterocycles. The van der Waals surface area contributed by atoms with Crippen LogP contribution in [0.5, 0.6) is 0 Å². The van der Waals surface area contributed by atoms with E-state index in [1.165, 1.54) is 12.1 Å². The van der Waals surface area contributed by atoms with Gasteiger partial charge >= 0.3 is 0 Å². The first-order chi connectivity index (χ1) is 5.24. The van der Waals surface area contributed by atoms with Gasteiger partial charge in [0.25, 0.3) is 0 Å². The van der Waals surface area contributed by atoms with Crippen molar-refractivity contribution in [2.75, 3.05) is 0 Å². The number of pyridine rings is 1. The molecule has 0 spiro atoms. The van der Waals surface area contributed by atoms with Crippen molar-refractivity contribution in [3.05, 3.63) is 29.8 Å². The maximum Gasteiger partial charge on any atom is 0.141 e. The van der Waals surface area contributed by atoms with Gasteiger partial charge in [0.15, 0.2) is 0 Å². The monoisotopic (exact) mass is 150 g/mol. The molecule has 0 radical (unpaired) electrons. The van der Waals surface area contributed by atoms with E-state index in [9.17, 15) is 4.39 Å². The zero-order valence-corrected chi connectivity index (χ0v) is 6.08. The summed E-state index contributed by atoms with van der Waals surface area (Å²) in [6, 6.07) is 4.83. The lowest BCUT2D eigenvalue weighted by molar-refractivity contribution is 0.618. The second-order valence-electron chi connectivity index (χ2n) is 2.25. The highest BCUT2D eigenvalue weighted by molar-refractivity contribution is 5.15. The topological polar surface area (TPSA) is 36.7 Å². The Labute approximate surface area is 64.3 Å². The predicted octanol–water partition coefficient (Wildman–Crippen LogP) is 1.85. The number of hydrogen-bond acceptors (Lipinski definition) is 2. The van der Waals surface area contributed by atoms with Crippen LogP contribution in [-0.4, -0.2) is 4.98 Å². The Balaban J connectivity index is 2.92. The molecule has 11 heavy (non-hydrogen) atoms. The molecule has 0 saturated heterocycles. The third-order valence-electron chi connectivity index (χ3n) is 1.39. The van der Waals surface area contributed by atoms with Gasteiger partial charge in [-0.25, -0.2) is 4.39 Å². The molecule has 0 aliphatic heterocycles. The van der Waals surface area contributed by atoms with Crippen molar-refractivity contribution in [3.8, 4) is 6.07 Å². The lowest BCUT2D eigenvalue weighted by Crippen LogP contribution is -1.93. The second kappa shape index (κ2) is 3.11. The second-order valence-corrected chi connectivity index (χ2v) is 2.25. The molecule has 0 bridgehead atoms. The zero-order chi connectivity index (χ0) is 8.27. The lowest BCUT2D eigenvalue weighted by atomic mass is 10.1. The van der Waals surface area contributed by atoms with Crippen LogP contribution in [-0.2, 0) is 0 Å². The summed E-state index contributed by atoms with van der Waals surface area (Å²) in [5.74, 6) is -0.644. The molecule has 0 fully saturated rings. The minimum Gasteiger partial charge on any atom is -0.257 e. The number of hydrogen-bond donors (Lipinski definition) is 0. The highest BCUT2D eigenvalue weighted by Crippen LogP contribution is 2.10. The third kappa shape index (κ3) is 1.74. The van der Waals surface area contributed by atoms with Crippen LogP contribution < -0.4 is 0 Å². The van der Waals surface area contributed by atoms with Crippen molar-refractivity contribution in [2.24, 2.45) is 0 Å². The maximum atomic E-state index is 12.3. The summed E-state index contributed by atoms with van der Waals surface area (Å²) in [6.07, 6.45) is 1.11. The van der Waals surface area contributed by atoms with Crippen LogP contribution in [0.4, 0.5) is 4.39 Å². The van der Waals surface area contributed by atoms with E-state index in [0.717, 1.165) is 6.20 Å². The van der Waals surface area contributed by atoms with E-state index >= 15 is 0 Å². The SMILES string of the molecule is CC(C#N)c1ccc(F)cn1. The van der Waals surface area contributed by atoms with E-state index in [1.54, 1.807) is 6.92 Å². The van der Waals surface area contributed by atoms with Gasteiger partial charge in [-0.3, -0.25) is 4.98 Å². The molecule has 0 aliphatic carbocycles. The van der Waals surface area contributed by atoms with Gasteiger partial charge < -0.3 is 0 Å². The number of nitrogens with zero attached hydrogens (tertiary/aromatic N) is 2. The Hall–Kier alpha value is -1.43. The molecule has 0 saturated carbocycles. The van der Waals surface area contributed by atoms with Crippen LogP contribution in [0.15, 0.2) is 18.3 Å². The van der Waals surface area contributed by atoms with E-state index in [4.69, 9.17) is 5.26 Å². The van der Waals surface area contributed by atoms with E-state index in [2.05, 4.69) is 4.98 Å². The van der Waals surface area contributed by atoms with Crippen LogP contribution in [0, 0.1) is 17.1 Å². The van der Waals surface area contributed by atoms with Gasteiger partial charge in [0, 0.05) is 0 Å². The average molecular weight is 150 g/mol. The predicted molar refractivity (Wildman–Crippen MR) is 38.2 cm³/mol. The molecule has 0 aliphatic rings. The van der Waals surface area contributed by atoms with Crippen molar-refractivity contribution in [1.82, 2.24) is 4.98 Å². The fourth-order valence-electron chi connectivity index (χ4n) is 0.710. The Morgan fingerprint density at radius 2 is 2.36 bits per heavy atom. The lowest BCUT2D eigenvalue weighted by Gasteiger charge is -1.98. The number of rotatable bonds is 1. The van der Waals surface area contributed by atoms with Crippen LogP contribution >= 0.6 is 0 Å². The number of halogens is 1. The number of nitriles is 1. The number of aromatic nitrogens is 1. The molecule has 0 amide bonds. The van der Waals surface area contributed by atoms with E-state index in [1.807, 2.05) is 6.07 Å². The molecule has 1 aromatic heterocycles. The van der Waals surface area contributed by atoms with Crippen molar-refractivity contribution in [2.45, 2.75) is 12.8 Å². The van der Waals surface area contributed by atoms with Crippen LogP contribution in [0.3, 0.4) is 0 Å². The summed E-state index contributed by atoms with van der Waals surface area (Å²) in [5.41, 5.74) is 0.605. The van der Waals surface area contributed by atoms with Gasteiger partial charge in [-0.15, -0.1) is 0 Å². The van der Waals surface area contributed by atoms with E-state index in [-0.39, 0.29) is 11.7 Å². The Morgan fingerprint density at radius 1 is 1.64 bits per heavy atom. The van der Waals surface area contributed by atoms with Crippen molar-refractivity contribution in [3.63, 3.8) is 0 Å². The van der Waals surface area contributed by atoms with E-state index in [0.29, 0.717) is 5.69 Å². The summed E-state index contributed by atoms with van der Waals surface area (Å²) in [7, 11) is 0. The minimum atomic E-state index is -0.376. The Kier molecular flexibility index (Phi) is 2.17. The molecule has 1 aromatic rings. The summed E-state index contributed by atoms with van der Waals surface area (Å²) in [4.78, 5) is 3.75. The molecule has 1 unspecified atom stereocenters. The molecule has 0 aromatic carbocycles. The first kappa shape index (κ1) is 7.67. The minimum absolute atomic E-state index is 0.268. The highest BCUT2D eigenvalue weighted by atomic mass is 19.1. The summed E-state index contributed by atoms with van der Waals surface area (Å²) in [5, 5.41) is 8.47. The van der Waals surface area contributed by atoms with Gasteiger partial charge in [0.05, 0.1) is 23.9 Å². The molecule has 3 heteroatoms. The van der Waals surface area contributed by atoms with Gasteiger partial charge in [-0.2, -0.15) is 5.26 Å². The standard InChI is InChI=1S/C8H7FN2/c1-6(4-10)8-3-2-7(9)5-11-8/h2-3,5-6H,1H3. The summed E-state index contributed by atoms with van der Waals surface area (Å²) in [6.45, 7) is 1.72. The smallest absolute Gasteiger partial charge is 0.141 e. The molecule has 56 valence electrons. The first-order valence-electron chi connectivity index (χ1n) is 3.25. The fraction of sp³-hybridized carbons (Fsp3) is 0.250. The Bertz CT molecular complexity index is 273. The largest absolute Gasteiger partial charge is 0.257 e. The zero-order valence-electron chi connectivity index (χ0n) is 6.08. The molecular weight excluding hydrogens is 143 g/mol. The fourth-order valence-corrected chi connectivity index (χ4v) is 0.710. The molecule has 1 rings (SSSR count). The normalized spacial score (nSPS) is 12.1. The van der Waals surface area contributed by atoms with Gasteiger partial charge in [0.2, 0.25) is 0 Å². The van der Waals surface area contributed by atoms with Crippen molar-refractivity contribution < 1.29 is 4.39 Å². The molecule has 1 atom stereocenters. The van der Waals surface area contributed by atoms with Gasteiger partial charge in [0.1, 0.15) is 5.82 Å². The summed E-state index contributed by atoms with van der Waals surface area (Å²) < 4.78 is 12.3. The highest BCUT2D eigenvalue weighted by Gasteiger charge is 2.03. The maximum absolute atomic E-state index is 12.3. The van der Waals surface area contributed by atoms with Crippen LogP contribution in [0.25, 0.3) is 0 Å². The molecule has 0 N–H and O–H groups in total. The average Bonchev–Trinajstić information content (AvgIpc) is 2.05. The Morgan fingerprint density at radius 3 is 2.82 bits per heavy atom. The summed E-state index contributed by atoms with van der Waals surface area (Å²) >= 11 is 0. The van der Waals surface area contributed by atoms with Crippen molar-refractivity contribution in [1.29, 1.82) is 5.26 Å². The van der Waals surface area contributed by atoms with Crippen LogP contribution in [0.1, 0.15) is 18.5 Å². The first-order valence-corrected chi connectivity index (χ1v) is 3.25. The van der Waals surface area contributed by atoms with Gasteiger partial charge in [-0.05, 0) is 19.1 Å². The van der Waals surface area contributed by atoms with Crippen LogP contribution in [0.2, 0.25) is 0 Å². The molecular formula is C8H7FN2. The quantitative estimate of drug-likeness (QED) is 0.612.